The highest BCUT2D eigenvalue weighted by Gasteiger charge is 2.13. The minimum atomic E-state index is 0.171. The molecule has 0 amide bonds. The molecule has 90 valence electrons. The lowest BCUT2D eigenvalue weighted by atomic mass is 10.1. The van der Waals surface area contributed by atoms with Crippen molar-refractivity contribution in [1.29, 1.82) is 0 Å². The smallest absolute Gasteiger partial charge is 0.197 e. The first-order valence-electron chi connectivity index (χ1n) is 5.25. The molecule has 0 heterocycles. The van der Waals surface area contributed by atoms with Gasteiger partial charge in [0, 0.05) is 7.11 Å². The quantitative estimate of drug-likeness (QED) is 0.495. The zero-order chi connectivity index (χ0) is 11.8. The van der Waals surface area contributed by atoms with Gasteiger partial charge in [-0.1, -0.05) is 13.8 Å². The van der Waals surface area contributed by atoms with Crippen molar-refractivity contribution >= 4 is 5.90 Å². The van der Waals surface area contributed by atoms with Crippen LogP contribution >= 0.6 is 0 Å². The van der Waals surface area contributed by atoms with Gasteiger partial charge in [0.05, 0.1) is 26.3 Å². The molecule has 1 atom stereocenters. The number of likely N-dealkylation sites (N-methyl/N-ethyl adjacent to an activating group) is 1. The molecule has 15 heavy (non-hydrogen) atoms. The molecular weight excluding hydrogens is 192 g/mol. The maximum absolute atomic E-state index is 5.24. The molecule has 4 heteroatoms. The molecule has 0 saturated heterocycles. The molecule has 0 radical (unpaired) electrons. The first-order chi connectivity index (χ1) is 7.01. The second-order valence-electron chi connectivity index (χ2n) is 4.23. The summed E-state index contributed by atoms with van der Waals surface area (Å²) in [5, 5.41) is 0. The third-order valence-corrected chi connectivity index (χ3v) is 2.10. The normalized spacial score (nSPS) is 14.8. The summed E-state index contributed by atoms with van der Waals surface area (Å²) in [4.78, 5) is 6.59. The highest BCUT2D eigenvalue weighted by atomic mass is 16.5. The average Bonchev–Trinajstić information content (AvgIpc) is 2.14. The molecule has 0 rings (SSSR count). The number of nitrogens with zero attached hydrogens (tertiary/aromatic N) is 2. The van der Waals surface area contributed by atoms with Crippen LogP contribution in [0.15, 0.2) is 4.99 Å². The fourth-order valence-corrected chi connectivity index (χ4v) is 1.16. The molecule has 4 nitrogen and oxygen atoms in total. The first-order valence-corrected chi connectivity index (χ1v) is 5.25. The molecule has 0 aromatic rings. The molecule has 0 aliphatic rings. The average molecular weight is 216 g/mol. The monoisotopic (exact) mass is 216 g/mol. The highest BCUT2D eigenvalue weighted by molar-refractivity contribution is 5.78. The van der Waals surface area contributed by atoms with E-state index in [1.165, 1.54) is 0 Å². The second-order valence-corrected chi connectivity index (χ2v) is 4.23. The van der Waals surface area contributed by atoms with Crippen molar-refractivity contribution in [2.45, 2.75) is 19.9 Å². The van der Waals surface area contributed by atoms with Crippen LogP contribution in [0.25, 0.3) is 0 Å². The molecule has 0 bridgehead atoms. The predicted molar refractivity (Wildman–Crippen MR) is 63.5 cm³/mol. The van der Waals surface area contributed by atoms with Gasteiger partial charge in [-0.15, -0.1) is 0 Å². The van der Waals surface area contributed by atoms with Crippen molar-refractivity contribution in [3.8, 4) is 0 Å². The van der Waals surface area contributed by atoms with Gasteiger partial charge >= 0.3 is 0 Å². The van der Waals surface area contributed by atoms with Gasteiger partial charge in [0.2, 0.25) is 0 Å². The molecule has 0 spiro atoms. The van der Waals surface area contributed by atoms with Crippen molar-refractivity contribution < 1.29 is 9.47 Å². The van der Waals surface area contributed by atoms with Crippen molar-refractivity contribution in [3.05, 3.63) is 0 Å². The van der Waals surface area contributed by atoms with Crippen LogP contribution in [-0.4, -0.2) is 58.3 Å². The van der Waals surface area contributed by atoms with Crippen LogP contribution in [0, 0.1) is 5.92 Å². The van der Waals surface area contributed by atoms with Gasteiger partial charge in [-0.2, -0.15) is 0 Å². The Labute approximate surface area is 93.3 Å². The van der Waals surface area contributed by atoms with Crippen LogP contribution in [0.5, 0.6) is 0 Å². The van der Waals surface area contributed by atoms with Gasteiger partial charge < -0.3 is 14.4 Å². The van der Waals surface area contributed by atoms with Gasteiger partial charge in [-0.3, -0.25) is 0 Å². The van der Waals surface area contributed by atoms with Crippen molar-refractivity contribution in [2.24, 2.45) is 10.9 Å². The molecule has 0 aliphatic carbocycles. The van der Waals surface area contributed by atoms with E-state index in [4.69, 9.17) is 9.47 Å². The molecule has 0 fully saturated rings. The standard InChI is InChI=1S/C11H24N2O2/c1-9(2)10(8-14-5)12-11(15-6)7-13(3)4/h9-10H,7-8H2,1-6H3/b12-11+. The summed E-state index contributed by atoms with van der Waals surface area (Å²) < 4.78 is 10.4. The second kappa shape index (κ2) is 7.65. The van der Waals surface area contributed by atoms with Crippen LogP contribution in [-0.2, 0) is 9.47 Å². The lowest BCUT2D eigenvalue weighted by Crippen LogP contribution is -2.27. The minimum absolute atomic E-state index is 0.171. The Balaban J connectivity index is 4.45. The summed E-state index contributed by atoms with van der Waals surface area (Å²) in [7, 11) is 7.35. The third kappa shape index (κ3) is 6.47. The topological polar surface area (TPSA) is 34.1 Å². The van der Waals surface area contributed by atoms with E-state index in [1.807, 2.05) is 19.0 Å². The van der Waals surface area contributed by atoms with Crippen molar-refractivity contribution in [3.63, 3.8) is 0 Å². The predicted octanol–water partition coefficient (Wildman–Crippen LogP) is 1.26. The van der Waals surface area contributed by atoms with E-state index >= 15 is 0 Å². The summed E-state index contributed by atoms with van der Waals surface area (Å²) in [6.45, 7) is 5.63. The lowest BCUT2D eigenvalue weighted by Gasteiger charge is -2.18. The van der Waals surface area contributed by atoms with E-state index in [0.717, 1.165) is 12.4 Å². The zero-order valence-corrected chi connectivity index (χ0v) is 10.8. The number of rotatable bonds is 6. The molecule has 0 N–H and O–H groups in total. The highest BCUT2D eigenvalue weighted by Crippen LogP contribution is 2.07. The molecule has 0 saturated carbocycles. The number of hydrogen-bond donors (Lipinski definition) is 0. The molecular formula is C11H24N2O2. The Bertz CT molecular complexity index is 191. The Morgan fingerprint density at radius 1 is 1.27 bits per heavy atom. The fraction of sp³-hybridized carbons (Fsp3) is 0.909. The third-order valence-electron chi connectivity index (χ3n) is 2.10. The summed E-state index contributed by atoms with van der Waals surface area (Å²) in [6, 6.07) is 0.171. The first kappa shape index (κ1) is 14.4. The van der Waals surface area contributed by atoms with E-state index in [9.17, 15) is 0 Å². The van der Waals surface area contributed by atoms with Crippen molar-refractivity contribution in [1.82, 2.24) is 4.90 Å². The van der Waals surface area contributed by atoms with Crippen LogP contribution in [0.4, 0.5) is 0 Å². The van der Waals surface area contributed by atoms with Crippen molar-refractivity contribution in [2.75, 3.05) is 41.5 Å². The summed E-state index contributed by atoms with van der Waals surface area (Å²) in [6.07, 6.45) is 0. The van der Waals surface area contributed by atoms with E-state index in [1.54, 1.807) is 14.2 Å². The minimum Gasteiger partial charge on any atom is -0.483 e. The Hall–Kier alpha value is -0.610. The van der Waals surface area contributed by atoms with Crippen LogP contribution in [0.3, 0.4) is 0 Å². The van der Waals surface area contributed by atoms with Crippen LogP contribution in [0.1, 0.15) is 13.8 Å². The van der Waals surface area contributed by atoms with E-state index in [-0.39, 0.29) is 6.04 Å². The molecule has 0 aliphatic heterocycles. The number of hydrogen-bond acceptors (Lipinski definition) is 4. The van der Waals surface area contributed by atoms with Crippen LogP contribution < -0.4 is 0 Å². The van der Waals surface area contributed by atoms with Gasteiger partial charge in [0.1, 0.15) is 0 Å². The Morgan fingerprint density at radius 3 is 2.20 bits per heavy atom. The summed E-state index contributed by atoms with van der Waals surface area (Å²) in [5.41, 5.74) is 0. The lowest BCUT2D eigenvalue weighted by molar-refractivity contribution is 0.163. The Morgan fingerprint density at radius 2 is 1.87 bits per heavy atom. The molecule has 0 aromatic heterocycles. The molecule has 0 aromatic carbocycles. The van der Waals surface area contributed by atoms with Gasteiger partial charge in [-0.25, -0.2) is 4.99 Å². The van der Waals surface area contributed by atoms with E-state index < -0.39 is 0 Å². The number of methoxy groups -OCH3 is 2. The molecule has 1 unspecified atom stereocenters. The summed E-state index contributed by atoms with van der Waals surface area (Å²) in [5.74, 6) is 1.22. The maximum atomic E-state index is 5.24. The SMILES string of the molecule is COCC(/N=C(\CN(C)C)OC)C(C)C. The van der Waals surface area contributed by atoms with Gasteiger partial charge in [0.15, 0.2) is 5.90 Å². The van der Waals surface area contributed by atoms with Crippen LogP contribution in [0.2, 0.25) is 0 Å². The summed E-state index contributed by atoms with van der Waals surface area (Å²) >= 11 is 0. The van der Waals surface area contributed by atoms with E-state index in [2.05, 4.69) is 18.8 Å². The largest absolute Gasteiger partial charge is 0.483 e. The number of ether oxygens (including phenoxy) is 2. The Kier molecular flexibility index (Phi) is 7.34. The number of aliphatic imine (C=N–C) groups is 1. The maximum Gasteiger partial charge on any atom is 0.197 e. The van der Waals surface area contributed by atoms with Gasteiger partial charge in [-0.05, 0) is 20.0 Å². The van der Waals surface area contributed by atoms with E-state index in [0.29, 0.717) is 12.5 Å². The fourth-order valence-electron chi connectivity index (χ4n) is 1.16. The van der Waals surface area contributed by atoms with Gasteiger partial charge in [0.25, 0.3) is 0 Å². The zero-order valence-electron chi connectivity index (χ0n) is 10.8.